The molecule has 1 heterocycles. The third-order valence-corrected chi connectivity index (χ3v) is 3.68. The number of halogens is 1. The number of aromatic nitrogens is 1. The highest BCUT2D eigenvalue weighted by Crippen LogP contribution is 2.34. The fourth-order valence-corrected chi connectivity index (χ4v) is 2.68. The van der Waals surface area contributed by atoms with E-state index in [1.807, 2.05) is 0 Å². The molecule has 4 heteroatoms. The molecule has 0 spiro atoms. The van der Waals surface area contributed by atoms with Gasteiger partial charge in [-0.2, -0.15) is 4.39 Å². The lowest BCUT2D eigenvalue weighted by Crippen LogP contribution is -2.17. The largest absolute Gasteiger partial charge is 0.469 e. The van der Waals surface area contributed by atoms with E-state index in [1.54, 1.807) is 6.07 Å². The summed E-state index contributed by atoms with van der Waals surface area (Å²) in [5.41, 5.74) is 0.746. The molecule has 1 aliphatic rings. The Bertz CT molecular complexity index is 399. The van der Waals surface area contributed by atoms with E-state index in [1.165, 1.54) is 45.1 Å². The maximum absolute atomic E-state index is 12.8. The summed E-state index contributed by atoms with van der Waals surface area (Å²) in [7, 11) is 1.39. The van der Waals surface area contributed by atoms with E-state index in [0.29, 0.717) is 5.92 Å². The first kappa shape index (κ1) is 13.0. The molecule has 1 aromatic heterocycles. The van der Waals surface area contributed by atoms with Gasteiger partial charge in [0.25, 0.3) is 0 Å². The van der Waals surface area contributed by atoms with Gasteiger partial charge in [0.05, 0.1) is 13.0 Å². The smallest absolute Gasteiger partial charge is 0.313 e. The Hall–Kier alpha value is -1.45. The molecule has 1 saturated carbocycles. The van der Waals surface area contributed by atoms with Crippen LogP contribution in [0.1, 0.15) is 43.6 Å². The normalized spacial score (nSPS) is 17.7. The predicted octanol–water partition coefficient (Wildman–Crippen LogP) is 3.06. The standard InChI is InChI=1S/C14H18FNO2/c1-18-14(17)12(8-10-4-2-3-5-10)11-6-7-13(15)16-9-11/h6-7,9-10,12H,2-5,8H2,1H3. The minimum absolute atomic E-state index is 0.254. The van der Waals surface area contributed by atoms with Crippen LogP contribution in [0.3, 0.4) is 0 Å². The van der Waals surface area contributed by atoms with Crippen LogP contribution in [0.25, 0.3) is 0 Å². The first-order chi connectivity index (χ1) is 8.70. The van der Waals surface area contributed by atoms with Gasteiger partial charge in [-0.15, -0.1) is 0 Å². The molecule has 1 aliphatic carbocycles. The topological polar surface area (TPSA) is 39.2 Å². The quantitative estimate of drug-likeness (QED) is 0.610. The van der Waals surface area contributed by atoms with E-state index in [4.69, 9.17) is 4.74 Å². The number of ether oxygens (including phenoxy) is 1. The molecule has 1 fully saturated rings. The molecule has 0 amide bonds. The summed E-state index contributed by atoms with van der Waals surface area (Å²) in [6, 6.07) is 2.92. The molecule has 0 bridgehead atoms. The van der Waals surface area contributed by atoms with E-state index < -0.39 is 5.95 Å². The van der Waals surface area contributed by atoms with Crippen LogP contribution in [-0.2, 0) is 9.53 Å². The van der Waals surface area contributed by atoms with Crippen LogP contribution in [-0.4, -0.2) is 18.1 Å². The van der Waals surface area contributed by atoms with Crippen LogP contribution in [0, 0.1) is 11.9 Å². The second-order valence-corrected chi connectivity index (χ2v) is 4.88. The number of pyridine rings is 1. The average Bonchev–Trinajstić information content (AvgIpc) is 2.89. The van der Waals surface area contributed by atoms with Gasteiger partial charge in [-0.3, -0.25) is 4.79 Å². The van der Waals surface area contributed by atoms with Crippen LogP contribution in [0.15, 0.2) is 18.3 Å². The molecule has 3 nitrogen and oxygen atoms in total. The number of rotatable bonds is 4. The van der Waals surface area contributed by atoms with Gasteiger partial charge in [-0.25, -0.2) is 4.98 Å². The second-order valence-electron chi connectivity index (χ2n) is 4.88. The molecule has 0 N–H and O–H groups in total. The third kappa shape index (κ3) is 3.06. The van der Waals surface area contributed by atoms with E-state index in [0.717, 1.165) is 12.0 Å². The first-order valence-electron chi connectivity index (χ1n) is 6.40. The Morgan fingerprint density at radius 2 is 2.22 bits per heavy atom. The summed E-state index contributed by atoms with van der Waals surface area (Å²) < 4.78 is 17.7. The zero-order valence-corrected chi connectivity index (χ0v) is 10.6. The number of nitrogens with zero attached hydrogens (tertiary/aromatic N) is 1. The van der Waals surface area contributed by atoms with Gasteiger partial charge < -0.3 is 4.74 Å². The van der Waals surface area contributed by atoms with Crippen LogP contribution < -0.4 is 0 Å². The Balaban J connectivity index is 2.13. The molecule has 0 aliphatic heterocycles. The van der Waals surface area contributed by atoms with Crippen molar-refractivity contribution >= 4 is 5.97 Å². The van der Waals surface area contributed by atoms with Crippen LogP contribution >= 0.6 is 0 Å². The highest BCUT2D eigenvalue weighted by Gasteiger charge is 2.27. The van der Waals surface area contributed by atoms with E-state index in [2.05, 4.69) is 4.98 Å². The lowest BCUT2D eigenvalue weighted by Gasteiger charge is -2.18. The van der Waals surface area contributed by atoms with Gasteiger partial charge in [-0.05, 0) is 24.0 Å². The van der Waals surface area contributed by atoms with Crippen molar-refractivity contribution in [3.05, 3.63) is 29.8 Å². The van der Waals surface area contributed by atoms with Crippen molar-refractivity contribution in [1.82, 2.24) is 4.98 Å². The van der Waals surface area contributed by atoms with Crippen molar-refractivity contribution in [1.29, 1.82) is 0 Å². The monoisotopic (exact) mass is 251 g/mol. The van der Waals surface area contributed by atoms with E-state index in [-0.39, 0.29) is 11.9 Å². The van der Waals surface area contributed by atoms with Gasteiger partial charge in [0, 0.05) is 6.20 Å². The minimum Gasteiger partial charge on any atom is -0.469 e. The average molecular weight is 251 g/mol. The molecule has 0 aromatic carbocycles. The van der Waals surface area contributed by atoms with Crippen molar-refractivity contribution in [2.75, 3.05) is 7.11 Å². The van der Waals surface area contributed by atoms with Crippen molar-refractivity contribution < 1.29 is 13.9 Å². The Morgan fingerprint density at radius 3 is 2.78 bits per heavy atom. The van der Waals surface area contributed by atoms with Crippen LogP contribution in [0.2, 0.25) is 0 Å². The SMILES string of the molecule is COC(=O)C(CC1CCCC1)c1ccc(F)nc1. The minimum atomic E-state index is -0.525. The fourth-order valence-electron chi connectivity index (χ4n) is 2.68. The summed E-state index contributed by atoms with van der Waals surface area (Å²) in [5, 5.41) is 0. The molecule has 1 atom stereocenters. The summed E-state index contributed by atoms with van der Waals surface area (Å²) in [6.07, 6.45) is 7.02. The number of esters is 1. The highest BCUT2D eigenvalue weighted by molar-refractivity contribution is 5.77. The van der Waals surface area contributed by atoms with Gasteiger partial charge >= 0.3 is 5.97 Å². The Labute approximate surface area is 106 Å². The van der Waals surface area contributed by atoms with Gasteiger partial charge in [0.15, 0.2) is 0 Å². The molecule has 2 rings (SSSR count). The molecule has 1 aromatic rings. The molecule has 18 heavy (non-hydrogen) atoms. The van der Waals surface area contributed by atoms with Crippen molar-refractivity contribution in [2.24, 2.45) is 5.92 Å². The van der Waals surface area contributed by atoms with E-state index in [9.17, 15) is 9.18 Å². The summed E-state index contributed by atoms with van der Waals surface area (Å²) in [4.78, 5) is 15.5. The van der Waals surface area contributed by atoms with Crippen molar-refractivity contribution in [3.8, 4) is 0 Å². The molecular weight excluding hydrogens is 233 g/mol. The third-order valence-electron chi connectivity index (χ3n) is 3.68. The maximum Gasteiger partial charge on any atom is 0.313 e. The molecule has 1 unspecified atom stereocenters. The fraction of sp³-hybridized carbons (Fsp3) is 0.571. The predicted molar refractivity (Wildman–Crippen MR) is 65.5 cm³/mol. The van der Waals surface area contributed by atoms with E-state index >= 15 is 0 Å². The zero-order valence-electron chi connectivity index (χ0n) is 10.6. The van der Waals surface area contributed by atoms with Crippen LogP contribution in [0.5, 0.6) is 0 Å². The van der Waals surface area contributed by atoms with Gasteiger partial charge in [0.2, 0.25) is 5.95 Å². The number of hydrogen-bond donors (Lipinski definition) is 0. The zero-order chi connectivity index (χ0) is 13.0. The van der Waals surface area contributed by atoms with Crippen LogP contribution in [0.4, 0.5) is 4.39 Å². The van der Waals surface area contributed by atoms with Gasteiger partial charge in [0.1, 0.15) is 0 Å². The number of carbonyl (C=O) groups excluding carboxylic acids is 1. The Morgan fingerprint density at radius 1 is 1.50 bits per heavy atom. The first-order valence-corrected chi connectivity index (χ1v) is 6.40. The molecular formula is C14H18FNO2. The van der Waals surface area contributed by atoms with Gasteiger partial charge in [-0.1, -0.05) is 31.7 Å². The molecule has 0 radical (unpaired) electrons. The number of carbonyl (C=O) groups is 1. The second kappa shape index (κ2) is 5.94. The lowest BCUT2D eigenvalue weighted by atomic mass is 9.89. The summed E-state index contributed by atoms with van der Waals surface area (Å²) >= 11 is 0. The number of hydrogen-bond acceptors (Lipinski definition) is 3. The number of methoxy groups -OCH3 is 1. The lowest BCUT2D eigenvalue weighted by molar-refractivity contribution is -0.142. The Kier molecular flexibility index (Phi) is 4.28. The molecule has 98 valence electrons. The van der Waals surface area contributed by atoms with Crippen molar-refractivity contribution in [2.45, 2.75) is 38.0 Å². The maximum atomic E-state index is 12.8. The van der Waals surface area contributed by atoms with Crippen molar-refractivity contribution in [3.63, 3.8) is 0 Å². The summed E-state index contributed by atoms with van der Waals surface area (Å²) in [5.74, 6) is -0.524. The highest BCUT2D eigenvalue weighted by atomic mass is 19.1. The summed E-state index contributed by atoms with van der Waals surface area (Å²) in [6.45, 7) is 0. The molecule has 0 saturated heterocycles.